The minimum absolute atomic E-state index is 0.0373. The summed E-state index contributed by atoms with van der Waals surface area (Å²) in [6, 6.07) is 14.2. The molecule has 1 atom stereocenters. The number of para-hydroxylation sites is 1. The molecule has 2 aromatic heterocycles. The molecule has 0 aliphatic heterocycles. The van der Waals surface area contributed by atoms with Gasteiger partial charge in [-0.1, -0.05) is 24.3 Å². The van der Waals surface area contributed by atoms with Crippen molar-refractivity contribution >= 4 is 28.1 Å². The number of rotatable bonds is 4. The molecule has 0 aliphatic carbocycles. The molecule has 0 saturated carbocycles. The van der Waals surface area contributed by atoms with Crippen LogP contribution in [0.15, 0.2) is 47.8 Å². The van der Waals surface area contributed by atoms with Crippen molar-refractivity contribution in [2.24, 2.45) is 0 Å². The number of amides is 1. The highest BCUT2D eigenvalue weighted by molar-refractivity contribution is 7.09. The Morgan fingerprint density at radius 2 is 2.10 bits per heavy atom. The first-order valence-electron chi connectivity index (χ1n) is 7.02. The Morgan fingerprint density at radius 3 is 2.81 bits per heavy atom. The van der Waals surface area contributed by atoms with E-state index in [2.05, 4.69) is 23.4 Å². The van der Waals surface area contributed by atoms with Crippen LogP contribution in [0.3, 0.4) is 0 Å². The van der Waals surface area contributed by atoms with E-state index >= 15 is 0 Å². The van der Waals surface area contributed by atoms with E-state index in [0.717, 1.165) is 17.3 Å². The number of nitrogens with zero attached hydrogens (tertiary/aromatic N) is 1. The maximum absolute atomic E-state index is 12.6. The lowest BCUT2D eigenvalue weighted by Gasteiger charge is -2.24. The molecule has 0 spiro atoms. The normalized spacial score (nSPS) is 12.5. The Labute approximate surface area is 128 Å². The highest BCUT2D eigenvalue weighted by atomic mass is 32.1. The summed E-state index contributed by atoms with van der Waals surface area (Å²) in [7, 11) is 1.87. The van der Waals surface area contributed by atoms with Crippen molar-refractivity contribution < 1.29 is 4.79 Å². The monoisotopic (exact) mass is 298 g/mol. The van der Waals surface area contributed by atoms with Gasteiger partial charge in [-0.2, -0.15) is 0 Å². The summed E-state index contributed by atoms with van der Waals surface area (Å²) in [6.07, 6.45) is 0.889. The second kappa shape index (κ2) is 5.74. The minimum Gasteiger partial charge on any atom is -0.351 e. The van der Waals surface area contributed by atoms with Gasteiger partial charge in [0.05, 0.1) is 0 Å². The molecular formula is C17H18N2OS. The van der Waals surface area contributed by atoms with Gasteiger partial charge in [-0.05, 0) is 30.5 Å². The lowest BCUT2D eigenvalue weighted by molar-refractivity contribution is 0.0739. The van der Waals surface area contributed by atoms with Crippen LogP contribution in [-0.4, -0.2) is 28.9 Å². The van der Waals surface area contributed by atoms with Crippen LogP contribution in [0.25, 0.3) is 10.9 Å². The predicted molar refractivity (Wildman–Crippen MR) is 87.9 cm³/mol. The number of H-pyrrole nitrogens is 1. The lowest BCUT2D eigenvalue weighted by Crippen LogP contribution is -2.36. The summed E-state index contributed by atoms with van der Waals surface area (Å²) in [5.74, 6) is 0.0373. The maximum Gasteiger partial charge on any atom is 0.270 e. The summed E-state index contributed by atoms with van der Waals surface area (Å²) >= 11 is 1.73. The van der Waals surface area contributed by atoms with Gasteiger partial charge in [0.1, 0.15) is 5.69 Å². The average Bonchev–Trinajstić information content (AvgIpc) is 3.14. The van der Waals surface area contributed by atoms with Crippen molar-refractivity contribution in [3.63, 3.8) is 0 Å². The van der Waals surface area contributed by atoms with Crippen LogP contribution in [0.2, 0.25) is 0 Å². The number of fused-ring (bicyclic) bond motifs is 1. The van der Waals surface area contributed by atoms with Crippen LogP contribution >= 0.6 is 11.3 Å². The van der Waals surface area contributed by atoms with Crippen LogP contribution < -0.4 is 0 Å². The summed E-state index contributed by atoms with van der Waals surface area (Å²) < 4.78 is 0. The number of hydrogen-bond acceptors (Lipinski definition) is 2. The summed E-state index contributed by atoms with van der Waals surface area (Å²) in [5, 5.41) is 3.14. The van der Waals surface area contributed by atoms with Crippen molar-refractivity contribution in [3.05, 3.63) is 58.4 Å². The summed E-state index contributed by atoms with van der Waals surface area (Å²) in [6.45, 7) is 2.08. The molecule has 4 heteroatoms. The van der Waals surface area contributed by atoms with Crippen molar-refractivity contribution in [1.82, 2.24) is 9.88 Å². The van der Waals surface area contributed by atoms with Gasteiger partial charge < -0.3 is 9.88 Å². The molecule has 108 valence electrons. The molecule has 21 heavy (non-hydrogen) atoms. The number of carbonyl (C=O) groups is 1. The van der Waals surface area contributed by atoms with Crippen molar-refractivity contribution in [1.29, 1.82) is 0 Å². The number of benzene rings is 1. The van der Waals surface area contributed by atoms with Crippen LogP contribution in [0.4, 0.5) is 0 Å². The van der Waals surface area contributed by atoms with Gasteiger partial charge in [-0.25, -0.2) is 0 Å². The first kappa shape index (κ1) is 13.9. The van der Waals surface area contributed by atoms with Gasteiger partial charge in [0, 0.05) is 35.3 Å². The molecule has 3 aromatic rings. The standard InChI is InChI=1S/C17H18N2OS/c1-12(10-14-7-5-9-21-14)19(2)17(20)16-11-13-6-3-4-8-15(13)18-16/h3-9,11-12,18H,10H2,1-2H3. The molecule has 1 N–H and O–H groups in total. The van der Waals surface area contributed by atoms with Crippen molar-refractivity contribution in [2.45, 2.75) is 19.4 Å². The van der Waals surface area contributed by atoms with E-state index in [4.69, 9.17) is 0 Å². The van der Waals surface area contributed by atoms with Gasteiger partial charge in [0.15, 0.2) is 0 Å². The number of aromatic amines is 1. The SMILES string of the molecule is CC(Cc1cccs1)N(C)C(=O)c1cc2ccccc2[nH]1. The van der Waals surface area contributed by atoms with Gasteiger partial charge in [0.25, 0.3) is 5.91 Å². The molecule has 1 unspecified atom stereocenters. The van der Waals surface area contributed by atoms with Crippen molar-refractivity contribution in [3.8, 4) is 0 Å². The zero-order valence-electron chi connectivity index (χ0n) is 12.2. The van der Waals surface area contributed by atoms with Crippen LogP contribution in [0.1, 0.15) is 22.3 Å². The molecule has 1 amide bonds. The molecule has 0 aliphatic rings. The second-order valence-corrected chi connectivity index (χ2v) is 6.35. The summed E-state index contributed by atoms with van der Waals surface area (Å²) in [4.78, 5) is 18.9. The number of nitrogens with one attached hydrogen (secondary N) is 1. The minimum atomic E-state index is 0.0373. The number of hydrogen-bond donors (Lipinski definition) is 1. The summed E-state index contributed by atoms with van der Waals surface area (Å²) in [5.41, 5.74) is 1.65. The molecule has 0 saturated heterocycles. The van der Waals surface area contributed by atoms with Gasteiger partial charge in [-0.3, -0.25) is 4.79 Å². The largest absolute Gasteiger partial charge is 0.351 e. The predicted octanol–water partition coefficient (Wildman–Crippen LogP) is 3.93. The Kier molecular flexibility index (Phi) is 3.80. The van der Waals surface area contributed by atoms with E-state index < -0.39 is 0 Å². The number of thiophene rings is 1. The molecule has 0 radical (unpaired) electrons. The molecule has 1 aromatic carbocycles. The smallest absolute Gasteiger partial charge is 0.270 e. The van der Waals surface area contributed by atoms with Gasteiger partial charge >= 0.3 is 0 Å². The van der Waals surface area contributed by atoms with Gasteiger partial charge in [-0.15, -0.1) is 11.3 Å². The second-order valence-electron chi connectivity index (χ2n) is 5.32. The molecule has 3 nitrogen and oxygen atoms in total. The quantitative estimate of drug-likeness (QED) is 0.778. The molecule has 0 fully saturated rings. The third-order valence-corrected chi connectivity index (χ3v) is 4.72. The highest BCUT2D eigenvalue weighted by Gasteiger charge is 2.19. The first-order valence-corrected chi connectivity index (χ1v) is 7.90. The third-order valence-electron chi connectivity index (χ3n) is 3.82. The Bertz CT molecular complexity index is 712. The lowest BCUT2D eigenvalue weighted by atomic mass is 10.1. The van der Waals surface area contributed by atoms with E-state index in [1.165, 1.54) is 4.88 Å². The fourth-order valence-corrected chi connectivity index (χ4v) is 3.26. The number of aromatic nitrogens is 1. The van der Waals surface area contributed by atoms with E-state index in [-0.39, 0.29) is 11.9 Å². The zero-order valence-corrected chi connectivity index (χ0v) is 13.0. The molecule has 2 heterocycles. The van der Waals surface area contributed by atoms with Crippen LogP contribution in [0.5, 0.6) is 0 Å². The van der Waals surface area contributed by atoms with E-state index in [1.807, 2.05) is 48.3 Å². The van der Waals surface area contributed by atoms with Crippen LogP contribution in [-0.2, 0) is 6.42 Å². The van der Waals surface area contributed by atoms with Crippen LogP contribution in [0, 0.1) is 0 Å². The Morgan fingerprint density at radius 1 is 1.29 bits per heavy atom. The number of carbonyl (C=O) groups excluding carboxylic acids is 1. The maximum atomic E-state index is 12.6. The Hall–Kier alpha value is -2.07. The Balaban J connectivity index is 1.77. The zero-order chi connectivity index (χ0) is 14.8. The topological polar surface area (TPSA) is 36.1 Å². The molecular weight excluding hydrogens is 280 g/mol. The van der Waals surface area contributed by atoms with Gasteiger partial charge in [0.2, 0.25) is 0 Å². The third kappa shape index (κ3) is 2.85. The van der Waals surface area contributed by atoms with E-state index in [9.17, 15) is 4.79 Å². The molecule has 3 rings (SSSR count). The molecule has 0 bridgehead atoms. The average molecular weight is 298 g/mol. The fraction of sp³-hybridized carbons (Fsp3) is 0.235. The van der Waals surface area contributed by atoms with E-state index in [1.54, 1.807) is 11.3 Å². The number of likely N-dealkylation sites (N-methyl/N-ethyl adjacent to an activating group) is 1. The van der Waals surface area contributed by atoms with E-state index in [0.29, 0.717) is 5.69 Å². The first-order chi connectivity index (χ1) is 10.1. The fourth-order valence-electron chi connectivity index (χ4n) is 2.44. The highest BCUT2D eigenvalue weighted by Crippen LogP contribution is 2.18. The van der Waals surface area contributed by atoms with Crippen molar-refractivity contribution in [2.75, 3.05) is 7.05 Å².